The average molecular weight is 722 g/mol. The lowest BCUT2D eigenvalue weighted by molar-refractivity contribution is -0.180. The van der Waals surface area contributed by atoms with Crippen LogP contribution in [-0.2, 0) is 15.9 Å². The van der Waals surface area contributed by atoms with Crippen molar-refractivity contribution >= 4 is 0 Å². The zero-order valence-electron chi connectivity index (χ0n) is 34.5. The molecule has 0 amide bonds. The normalized spacial score (nSPS) is 18.2. The molecule has 5 heteroatoms. The Morgan fingerprint density at radius 1 is 0.654 bits per heavy atom. The topological polar surface area (TPSA) is 50.4 Å². The van der Waals surface area contributed by atoms with E-state index in [4.69, 9.17) is 9.47 Å². The molecule has 0 bridgehead atoms. The number of hydrogen-bond acceptors (Lipinski definition) is 4. The van der Waals surface area contributed by atoms with Gasteiger partial charge in [-0.05, 0) is 90.5 Å². The molecule has 1 aliphatic rings. The highest BCUT2D eigenvalue weighted by molar-refractivity contribution is 4.95. The maximum atomic E-state index is 6.81. The fraction of sp³-hybridized carbons (Fsp3) is 0.766. The molecular weight excluding hydrogens is 639 g/mol. The number of aromatic nitrogens is 2. The summed E-state index contributed by atoms with van der Waals surface area (Å²) in [7, 11) is 2.22. The molecule has 298 valence electrons. The SMILES string of the molecule is CCCCCC=CCC=CCCCCCCCCC1(CCCCCCCCC=CCC=CCCCCC)OC[C@H](CCN(C)CCc2cnc[nH]2)O1. The van der Waals surface area contributed by atoms with Crippen molar-refractivity contribution in [1.82, 2.24) is 14.9 Å². The van der Waals surface area contributed by atoms with Gasteiger partial charge in [-0.25, -0.2) is 4.98 Å². The molecule has 5 nitrogen and oxygen atoms in total. The molecule has 1 saturated heterocycles. The van der Waals surface area contributed by atoms with Crippen LogP contribution >= 0.6 is 0 Å². The molecule has 0 aliphatic carbocycles. The minimum atomic E-state index is -0.358. The lowest BCUT2D eigenvalue weighted by Crippen LogP contribution is -2.32. The summed E-state index contributed by atoms with van der Waals surface area (Å²) in [4.78, 5) is 9.78. The first kappa shape index (κ1) is 46.2. The van der Waals surface area contributed by atoms with Gasteiger partial charge in [0.2, 0.25) is 0 Å². The van der Waals surface area contributed by atoms with Gasteiger partial charge in [0.25, 0.3) is 0 Å². The highest BCUT2D eigenvalue weighted by Gasteiger charge is 2.40. The van der Waals surface area contributed by atoms with Crippen molar-refractivity contribution in [2.75, 3.05) is 26.7 Å². The molecule has 2 rings (SSSR count). The van der Waals surface area contributed by atoms with E-state index in [1.807, 2.05) is 6.20 Å². The van der Waals surface area contributed by atoms with Crippen LogP contribution in [0.15, 0.2) is 61.1 Å². The fourth-order valence-electron chi connectivity index (χ4n) is 7.12. The molecule has 2 heterocycles. The van der Waals surface area contributed by atoms with Gasteiger partial charge >= 0.3 is 0 Å². The van der Waals surface area contributed by atoms with Gasteiger partial charge in [-0.15, -0.1) is 0 Å². The van der Waals surface area contributed by atoms with Crippen LogP contribution in [0, 0.1) is 0 Å². The van der Waals surface area contributed by atoms with Crippen LogP contribution in [0.2, 0.25) is 0 Å². The van der Waals surface area contributed by atoms with Gasteiger partial charge in [0.15, 0.2) is 5.79 Å². The maximum absolute atomic E-state index is 6.81. The second-order valence-corrected chi connectivity index (χ2v) is 15.5. The Balaban J connectivity index is 1.61. The van der Waals surface area contributed by atoms with E-state index in [0.29, 0.717) is 0 Å². The third kappa shape index (κ3) is 25.9. The Bertz CT molecular complexity index is 966. The van der Waals surface area contributed by atoms with Crippen LogP contribution in [0.25, 0.3) is 0 Å². The average Bonchev–Trinajstić information content (AvgIpc) is 3.83. The van der Waals surface area contributed by atoms with Gasteiger partial charge in [0, 0.05) is 44.2 Å². The van der Waals surface area contributed by atoms with Gasteiger partial charge in [-0.2, -0.15) is 0 Å². The van der Waals surface area contributed by atoms with E-state index < -0.39 is 0 Å². The zero-order valence-corrected chi connectivity index (χ0v) is 34.5. The van der Waals surface area contributed by atoms with Crippen molar-refractivity contribution in [3.63, 3.8) is 0 Å². The van der Waals surface area contributed by atoms with E-state index in [2.05, 4.69) is 84.4 Å². The monoisotopic (exact) mass is 722 g/mol. The molecule has 0 radical (unpaired) electrons. The first-order valence-electron chi connectivity index (χ1n) is 22.2. The number of H-pyrrole nitrogens is 1. The molecule has 1 N–H and O–H groups in total. The molecule has 0 unspecified atom stereocenters. The molecule has 1 atom stereocenters. The van der Waals surface area contributed by atoms with Crippen LogP contribution in [0.1, 0.15) is 193 Å². The van der Waals surface area contributed by atoms with E-state index in [-0.39, 0.29) is 11.9 Å². The number of imidazole rings is 1. The lowest BCUT2D eigenvalue weighted by Gasteiger charge is -2.29. The summed E-state index contributed by atoms with van der Waals surface area (Å²) in [6, 6.07) is 0. The largest absolute Gasteiger partial charge is 0.348 e. The summed E-state index contributed by atoms with van der Waals surface area (Å²) in [5, 5.41) is 0. The van der Waals surface area contributed by atoms with E-state index in [9.17, 15) is 0 Å². The van der Waals surface area contributed by atoms with Crippen LogP contribution in [0.5, 0.6) is 0 Å². The van der Waals surface area contributed by atoms with Crippen molar-refractivity contribution in [3.05, 3.63) is 66.8 Å². The molecule has 0 saturated carbocycles. The molecule has 1 fully saturated rings. The van der Waals surface area contributed by atoms with Crippen LogP contribution in [0.4, 0.5) is 0 Å². The first-order chi connectivity index (χ1) is 25.7. The lowest BCUT2D eigenvalue weighted by atomic mass is 9.98. The van der Waals surface area contributed by atoms with E-state index >= 15 is 0 Å². The van der Waals surface area contributed by atoms with Crippen LogP contribution < -0.4 is 0 Å². The summed E-state index contributed by atoms with van der Waals surface area (Å²) in [6.45, 7) is 7.35. The number of hydrogen-bond donors (Lipinski definition) is 1. The summed E-state index contributed by atoms with van der Waals surface area (Å²) < 4.78 is 13.4. The predicted octanol–water partition coefficient (Wildman–Crippen LogP) is 13.8. The van der Waals surface area contributed by atoms with Gasteiger partial charge in [0.05, 0.1) is 19.0 Å². The minimum absolute atomic E-state index is 0.212. The summed E-state index contributed by atoms with van der Waals surface area (Å²) in [5.74, 6) is -0.358. The smallest absolute Gasteiger partial charge is 0.168 e. The number of nitrogens with one attached hydrogen (secondary N) is 1. The summed E-state index contributed by atoms with van der Waals surface area (Å²) in [5.41, 5.74) is 1.20. The minimum Gasteiger partial charge on any atom is -0.348 e. The van der Waals surface area contributed by atoms with Gasteiger partial charge < -0.3 is 19.4 Å². The maximum Gasteiger partial charge on any atom is 0.168 e. The van der Waals surface area contributed by atoms with Crippen LogP contribution in [0.3, 0.4) is 0 Å². The van der Waals surface area contributed by atoms with E-state index in [1.165, 1.54) is 147 Å². The van der Waals surface area contributed by atoms with Crippen molar-refractivity contribution in [2.45, 2.75) is 206 Å². The van der Waals surface area contributed by atoms with Crippen LogP contribution in [-0.4, -0.2) is 53.5 Å². The summed E-state index contributed by atoms with van der Waals surface area (Å²) in [6.07, 6.45) is 57.7. The number of ether oxygens (including phenoxy) is 2. The number of aromatic amines is 1. The van der Waals surface area contributed by atoms with Crippen molar-refractivity contribution < 1.29 is 9.47 Å². The van der Waals surface area contributed by atoms with Crippen molar-refractivity contribution in [2.24, 2.45) is 0 Å². The van der Waals surface area contributed by atoms with Gasteiger partial charge in [0.1, 0.15) is 0 Å². The Morgan fingerprint density at radius 3 is 1.62 bits per heavy atom. The number of allylic oxidation sites excluding steroid dienone is 8. The van der Waals surface area contributed by atoms with Gasteiger partial charge in [-0.3, -0.25) is 0 Å². The number of unbranched alkanes of at least 4 members (excludes halogenated alkanes) is 18. The molecule has 1 aromatic heterocycles. The standard InChI is InChI=1S/C47H83N3O2/c1-4-6-8-10-12-14-16-18-20-22-24-26-28-30-32-34-38-47(51-43-46(52-47)37-41-50(3)40-36-45-42-48-44-49-45)39-35-33-31-29-27-25-23-21-19-17-15-13-11-9-7-5-2/h12-15,18-21,42,44,46H,4-11,16-17,22-41,43H2,1-3H3,(H,48,49)/t46-,47?/m0/s1. The Morgan fingerprint density at radius 2 is 1.13 bits per heavy atom. The molecule has 0 aromatic carbocycles. The highest BCUT2D eigenvalue weighted by Crippen LogP contribution is 2.35. The Labute approximate surface area is 322 Å². The quantitative estimate of drug-likeness (QED) is 0.0554. The first-order valence-corrected chi connectivity index (χ1v) is 22.2. The van der Waals surface area contributed by atoms with Gasteiger partial charge in [-0.1, -0.05) is 140 Å². The molecule has 1 aromatic rings. The summed E-state index contributed by atoms with van der Waals surface area (Å²) >= 11 is 0. The fourth-order valence-corrected chi connectivity index (χ4v) is 7.12. The molecular formula is C47H83N3O2. The van der Waals surface area contributed by atoms with Crippen molar-refractivity contribution in [1.29, 1.82) is 0 Å². The van der Waals surface area contributed by atoms with E-state index in [0.717, 1.165) is 58.2 Å². The Kier molecular flexibility index (Phi) is 29.9. The predicted molar refractivity (Wildman–Crippen MR) is 226 cm³/mol. The number of rotatable bonds is 36. The number of nitrogens with zero attached hydrogens (tertiary/aromatic N) is 2. The third-order valence-electron chi connectivity index (χ3n) is 10.6. The highest BCUT2D eigenvalue weighted by atomic mass is 16.7. The van der Waals surface area contributed by atoms with E-state index in [1.54, 1.807) is 6.33 Å². The zero-order chi connectivity index (χ0) is 37.1. The molecule has 1 aliphatic heterocycles. The third-order valence-corrected chi connectivity index (χ3v) is 10.6. The number of likely N-dealkylation sites (N-methyl/N-ethyl adjacent to an activating group) is 1. The molecule has 52 heavy (non-hydrogen) atoms. The Hall–Kier alpha value is -1.95. The molecule has 0 spiro atoms. The second kappa shape index (κ2) is 33.6. The second-order valence-electron chi connectivity index (χ2n) is 15.5. The van der Waals surface area contributed by atoms with Crippen molar-refractivity contribution in [3.8, 4) is 0 Å².